The summed E-state index contributed by atoms with van der Waals surface area (Å²) < 4.78 is 0. The van der Waals surface area contributed by atoms with Gasteiger partial charge >= 0.3 is 0 Å². The zero-order chi connectivity index (χ0) is 10.7. The van der Waals surface area contributed by atoms with Crippen molar-refractivity contribution in [3.05, 3.63) is 28.8 Å². The van der Waals surface area contributed by atoms with Crippen LogP contribution in [0.2, 0.25) is 5.02 Å². The fourth-order valence-corrected chi connectivity index (χ4v) is 1.33. The molecule has 1 aromatic carbocycles. The van der Waals surface area contributed by atoms with Crippen molar-refractivity contribution in [2.75, 3.05) is 5.32 Å². The molecule has 1 amide bonds. The SMILES string of the molecule is CC(C)Nc1ccc(Cl)cc1C(N)=O. The summed E-state index contributed by atoms with van der Waals surface area (Å²) in [4.78, 5) is 11.1. The lowest BCUT2D eigenvalue weighted by atomic mass is 10.1. The molecule has 3 nitrogen and oxygen atoms in total. The highest BCUT2D eigenvalue weighted by Crippen LogP contribution is 2.20. The van der Waals surface area contributed by atoms with Crippen LogP contribution in [0.15, 0.2) is 18.2 Å². The maximum Gasteiger partial charge on any atom is 0.250 e. The summed E-state index contributed by atoms with van der Waals surface area (Å²) in [5, 5.41) is 3.63. The molecule has 0 aliphatic carbocycles. The van der Waals surface area contributed by atoms with Gasteiger partial charge in [-0.05, 0) is 32.0 Å². The minimum atomic E-state index is -0.476. The highest BCUT2D eigenvalue weighted by atomic mass is 35.5. The summed E-state index contributed by atoms with van der Waals surface area (Å²) in [6.45, 7) is 3.97. The molecule has 1 aromatic rings. The molecule has 0 heterocycles. The molecule has 0 aromatic heterocycles. The van der Waals surface area contributed by atoms with E-state index in [-0.39, 0.29) is 6.04 Å². The van der Waals surface area contributed by atoms with Gasteiger partial charge in [0, 0.05) is 16.8 Å². The minimum absolute atomic E-state index is 0.245. The molecule has 0 bridgehead atoms. The predicted molar refractivity (Wildman–Crippen MR) is 58.7 cm³/mol. The van der Waals surface area contributed by atoms with Crippen LogP contribution < -0.4 is 11.1 Å². The topological polar surface area (TPSA) is 55.1 Å². The fourth-order valence-electron chi connectivity index (χ4n) is 1.16. The van der Waals surface area contributed by atoms with E-state index < -0.39 is 5.91 Å². The molecule has 76 valence electrons. The Morgan fingerprint density at radius 3 is 2.64 bits per heavy atom. The number of halogens is 1. The van der Waals surface area contributed by atoms with E-state index in [4.69, 9.17) is 17.3 Å². The summed E-state index contributed by atoms with van der Waals surface area (Å²) in [5.74, 6) is -0.476. The molecule has 4 heteroatoms. The van der Waals surface area contributed by atoms with Gasteiger partial charge in [-0.3, -0.25) is 4.79 Å². The van der Waals surface area contributed by atoms with Crippen LogP contribution in [0.1, 0.15) is 24.2 Å². The summed E-state index contributed by atoms with van der Waals surface area (Å²) in [7, 11) is 0. The van der Waals surface area contributed by atoms with Gasteiger partial charge in [0.25, 0.3) is 5.91 Å². The number of nitrogens with one attached hydrogen (secondary N) is 1. The molecule has 0 spiro atoms. The minimum Gasteiger partial charge on any atom is -0.382 e. The van der Waals surface area contributed by atoms with Crippen LogP contribution in [0, 0.1) is 0 Å². The Labute approximate surface area is 88.2 Å². The first-order chi connectivity index (χ1) is 6.50. The average Bonchev–Trinajstić information content (AvgIpc) is 2.07. The molecule has 0 saturated carbocycles. The first-order valence-corrected chi connectivity index (χ1v) is 4.74. The number of benzene rings is 1. The van der Waals surface area contributed by atoms with Crippen molar-refractivity contribution < 1.29 is 4.79 Å². The summed E-state index contributed by atoms with van der Waals surface area (Å²) in [6, 6.07) is 5.28. The second-order valence-corrected chi connectivity index (χ2v) is 3.79. The van der Waals surface area contributed by atoms with Gasteiger partial charge in [0.05, 0.1) is 5.56 Å². The Morgan fingerprint density at radius 1 is 1.50 bits per heavy atom. The fraction of sp³-hybridized carbons (Fsp3) is 0.300. The van der Waals surface area contributed by atoms with Crippen molar-refractivity contribution in [3.63, 3.8) is 0 Å². The van der Waals surface area contributed by atoms with Crippen LogP contribution in [-0.2, 0) is 0 Å². The number of anilines is 1. The third kappa shape index (κ3) is 2.64. The number of hydrogen-bond acceptors (Lipinski definition) is 2. The predicted octanol–water partition coefficient (Wildman–Crippen LogP) is 2.26. The van der Waals surface area contributed by atoms with E-state index in [1.165, 1.54) is 0 Å². The lowest BCUT2D eigenvalue weighted by Gasteiger charge is -2.13. The molecule has 1 rings (SSSR count). The second kappa shape index (κ2) is 4.33. The normalized spacial score (nSPS) is 10.3. The first kappa shape index (κ1) is 10.9. The molecule has 0 saturated heterocycles. The van der Waals surface area contributed by atoms with Gasteiger partial charge in [-0.1, -0.05) is 11.6 Å². The lowest BCUT2D eigenvalue weighted by molar-refractivity contribution is 0.100. The quantitative estimate of drug-likeness (QED) is 0.808. The lowest BCUT2D eigenvalue weighted by Crippen LogP contribution is -2.17. The molecular weight excluding hydrogens is 200 g/mol. The molecule has 0 unspecified atom stereocenters. The van der Waals surface area contributed by atoms with Crippen LogP contribution in [0.3, 0.4) is 0 Å². The average molecular weight is 213 g/mol. The van der Waals surface area contributed by atoms with Crippen LogP contribution in [0.5, 0.6) is 0 Å². The number of carbonyl (C=O) groups excluding carboxylic acids is 1. The molecule has 0 aliphatic rings. The van der Waals surface area contributed by atoms with E-state index in [0.29, 0.717) is 10.6 Å². The van der Waals surface area contributed by atoms with E-state index in [9.17, 15) is 4.79 Å². The van der Waals surface area contributed by atoms with Gasteiger partial charge in [-0.15, -0.1) is 0 Å². The molecule has 0 radical (unpaired) electrons. The largest absolute Gasteiger partial charge is 0.382 e. The second-order valence-electron chi connectivity index (χ2n) is 3.35. The Morgan fingerprint density at radius 2 is 2.14 bits per heavy atom. The van der Waals surface area contributed by atoms with Crippen LogP contribution >= 0.6 is 11.6 Å². The van der Waals surface area contributed by atoms with E-state index >= 15 is 0 Å². The Kier molecular flexibility index (Phi) is 3.36. The van der Waals surface area contributed by atoms with Crippen molar-refractivity contribution in [1.29, 1.82) is 0 Å². The summed E-state index contributed by atoms with van der Waals surface area (Å²) >= 11 is 5.76. The molecule has 3 N–H and O–H groups in total. The number of carbonyl (C=O) groups is 1. The zero-order valence-electron chi connectivity index (χ0n) is 8.17. The first-order valence-electron chi connectivity index (χ1n) is 4.36. The highest BCUT2D eigenvalue weighted by Gasteiger charge is 2.09. The van der Waals surface area contributed by atoms with Crippen molar-refractivity contribution in [2.45, 2.75) is 19.9 Å². The number of amides is 1. The number of rotatable bonds is 3. The van der Waals surface area contributed by atoms with Gasteiger partial charge in [0.15, 0.2) is 0 Å². The molecule has 0 fully saturated rings. The third-order valence-corrected chi connectivity index (χ3v) is 1.93. The van der Waals surface area contributed by atoms with E-state index in [1.807, 2.05) is 13.8 Å². The third-order valence-electron chi connectivity index (χ3n) is 1.69. The van der Waals surface area contributed by atoms with Crippen LogP contribution in [0.25, 0.3) is 0 Å². The van der Waals surface area contributed by atoms with Crippen molar-refractivity contribution in [1.82, 2.24) is 0 Å². The van der Waals surface area contributed by atoms with Crippen LogP contribution in [0.4, 0.5) is 5.69 Å². The monoisotopic (exact) mass is 212 g/mol. The van der Waals surface area contributed by atoms with Gasteiger partial charge in [-0.2, -0.15) is 0 Å². The maximum atomic E-state index is 11.1. The molecule has 0 atom stereocenters. The van der Waals surface area contributed by atoms with Crippen LogP contribution in [-0.4, -0.2) is 11.9 Å². The van der Waals surface area contributed by atoms with Gasteiger partial charge in [0.2, 0.25) is 0 Å². The van der Waals surface area contributed by atoms with Crippen molar-refractivity contribution in [3.8, 4) is 0 Å². The van der Waals surface area contributed by atoms with Gasteiger partial charge < -0.3 is 11.1 Å². The Hall–Kier alpha value is -1.22. The van der Waals surface area contributed by atoms with E-state index in [0.717, 1.165) is 5.69 Å². The smallest absolute Gasteiger partial charge is 0.250 e. The van der Waals surface area contributed by atoms with E-state index in [1.54, 1.807) is 18.2 Å². The van der Waals surface area contributed by atoms with Crippen molar-refractivity contribution >= 4 is 23.2 Å². The standard InChI is InChI=1S/C10H13ClN2O/c1-6(2)13-9-4-3-7(11)5-8(9)10(12)14/h3-6,13H,1-2H3,(H2,12,14). The Bertz CT molecular complexity index is 350. The molecule has 14 heavy (non-hydrogen) atoms. The summed E-state index contributed by atoms with van der Waals surface area (Å²) in [6.07, 6.45) is 0. The number of nitrogens with two attached hydrogens (primary N) is 1. The Balaban J connectivity index is 3.08. The van der Waals surface area contributed by atoms with Gasteiger partial charge in [0.1, 0.15) is 0 Å². The number of hydrogen-bond donors (Lipinski definition) is 2. The molecular formula is C10H13ClN2O. The summed E-state index contributed by atoms with van der Waals surface area (Å²) in [5.41, 5.74) is 6.36. The zero-order valence-corrected chi connectivity index (χ0v) is 8.93. The van der Waals surface area contributed by atoms with Crippen molar-refractivity contribution in [2.24, 2.45) is 5.73 Å². The maximum absolute atomic E-state index is 11.1. The molecule has 0 aliphatic heterocycles. The van der Waals surface area contributed by atoms with E-state index in [2.05, 4.69) is 5.32 Å². The number of primary amides is 1. The highest BCUT2D eigenvalue weighted by molar-refractivity contribution is 6.31. The van der Waals surface area contributed by atoms with Gasteiger partial charge in [-0.25, -0.2) is 0 Å².